The van der Waals surface area contributed by atoms with Crippen molar-refractivity contribution in [2.45, 2.75) is 46.4 Å². The summed E-state index contributed by atoms with van der Waals surface area (Å²) in [6.07, 6.45) is 5.59. The number of ether oxygens (including phenoxy) is 2. The van der Waals surface area contributed by atoms with Gasteiger partial charge in [-0.05, 0) is 62.7 Å². The molecule has 0 saturated heterocycles. The Balaban J connectivity index is 1.87. The molecule has 0 unspecified atom stereocenters. The number of halogens is 1. The van der Waals surface area contributed by atoms with Crippen LogP contribution >= 0.6 is 11.6 Å². The van der Waals surface area contributed by atoms with E-state index in [0.717, 1.165) is 5.69 Å². The van der Waals surface area contributed by atoms with Crippen molar-refractivity contribution < 1.29 is 19.1 Å². The van der Waals surface area contributed by atoms with Crippen LogP contribution in [-0.2, 0) is 27.4 Å². The molecule has 35 heavy (non-hydrogen) atoms. The number of carbonyl (C=O) groups excluding carboxylic acids is 2. The van der Waals surface area contributed by atoms with Crippen LogP contribution in [0.5, 0.6) is 0 Å². The van der Waals surface area contributed by atoms with Gasteiger partial charge in [-0.15, -0.1) is 6.42 Å². The number of anilines is 1. The molecule has 0 amide bonds. The van der Waals surface area contributed by atoms with E-state index in [1.54, 1.807) is 36.4 Å². The molecule has 2 aromatic carbocycles. The van der Waals surface area contributed by atoms with Gasteiger partial charge < -0.3 is 19.4 Å². The van der Waals surface area contributed by atoms with Gasteiger partial charge in [0.2, 0.25) is 0 Å². The van der Waals surface area contributed by atoms with Crippen LogP contribution in [-0.4, -0.2) is 34.1 Å². The largest absolute Gasteiger partial charge is 0.458 e. The zero-order valence-corrected chi connectivity index (χ0v) is 20.7. The summed E-state index contributed by atoms with van der Waals surface area (Å²) in [6, 6.07) is 10.2. The molecule has 1 heterocycles. The average Bonchev–Trinajstić information content (AvgIpc) is 2.77. The number of carbonyl (C=O) groups is 2. The molecule has 0 bridgehead atoms. The van der Waals surface area contributed by atoms with Crippen LogP contribution in [0.4, 0.5) is 5.69 Å². The van der Waals surface area contributed by atoms with E-state index in [1.165, 1.54) is 6.92 Å². The Morgan fingerprint density at radius 3 is 2.49 bits per heavy atom. The Bertz CT molecular complexity index is 1350. The van der Waals surface area contributed by atoms with Gasteiger partial charge >= 0.3 is 11.9 Å². The van der Waals surface area contributed by atoms with Crippen LogP contribution in [0.3, 0.4) is 0 Å². The number of H-pyrrole nitrogens is 1. The first-order valence-electron chi connectivity index (χ1n) is 10.8. The van der Waals surface area contributed by atoms with Crippen LogP contribution in [0.1, 0.15) is 49.4 Å². The van der Waals surface area contributed by atoms with Gasteiger partial charge in [0.1, 0.15) is 18.0 Å². The number of fused-ring (bicyclic) bond motifs is 1. The summed E-state index contributed by atoms with van der Waals surface area (Å²) in [6.45, 7) is 7.15. The topological polar surface area (TPSA) is 102 Å². The molecular formula is C26H26ClN3O5. The summed E-state index contributed by atoms with van der Waals surface area (Å²) in [4.78, 5) is 44.8. The summed E-state index contributed by atoms with van der Waals surface area (Å²) in [7, 11) is 0. The minimum Gasteiger partial charge on any atom is -0.458 e. The van der Waals surface area contributed by atoms with Crippen LogP contribution in [0.15, 0.2) is 41.2 Å². The quantitative estimate of drug-likeness (QED) is 0.386. The lowest BCUT2D eigenvalue weighted by molar-refractivity contribution is -0.142. The van der Waals surface area contributed by atoms with Gasteiger partial charge in [0.05, 0.1) is 23.0 Å². The lowest BCUT2D eigenvalue weighted by atomic mass is 10.1. The lowest BCUT2D eigenvalue weighted by Crippen LogP contribution is -2.25. The molecule has 0 aliphatic rings. The SMILES string of the molecule is C#CCN(Cc1cc2c(=O)[nH]c(COC(C)=O)nc2cc1Cl)c1ccc(C(=O)OC(C)(C)C)cc1. The molecule has 0 aliphatic carbocycles. The van der Waals surface area contributed by atoms with Crippen molar-refractivity contribution in [3.05, 3.63) is 68.7 Å². The Labute approximate surface area is 208 Å². The summed E-state index contributed by atoms with van der Waals surface area (Å²) in [5.41, 5.74) is 1.29. The second kappa shape index (κ2) is 10.6. The molecule has 0 fully saturated rings. The zero-order chi connectivity index (χ0) is 25.8. The minimum absolute atomic E-state index is 0.144. The number of aromatic nitrogens is 2. The normalized spacial score (nSPS) is 11.1. The maximum Gasteiger partial charge on any atom is 0.338 e. The number of aromatic amines is 1. The van der Waals surface area contributed by atoms with Crippen molar-refractivity contribution in [1.29, 1.82) is 0 Å². The van der Waals surface area contributed by atoms with E-state index < -0.39 is 17.5 Å². The number of nitrogens with zero attached hydrogens (tertiary/aromatic N) is 2. The summed E-state index contributed by atoms with van der Waals surface area (Å²) >= 11 is 6.52. The highest BCUT2D eigenvalue weighted by atomic mass is 35.5. The van der Waals surface area contributed by atoms with E-state index in [-0.39, 0.29) is 24.5 Å². The maximum absolute atomic E-state index is 12.6. The summed E-state index contributed by atoms with van der Waals surface area (Å²) in [5.74, 6) is 1.96. The van der Waals surface area contributed by atoms with Crippen LogP contribution in [0, 0.1) is 12.3 Å². The Morgan fingerprint density at radius 2 is 1.89 bits per heavy atom. The molecule has 0 atom stereocenters. The maximum atomic E-state index is 12.6. The first-order valence-corrected chi connectivity index (χ1v) is 11.2. The molecule has 0 saturated carbocycles. The van der Waals surface area contributed by atoms with Crippen molar-refractivity contribution in [3.8, 4) is 12.3 Å². The highest BCUT2D eigenvalue weighted by Gasteiger charge is 2.18. The summed E-state index contributed by atoms with van der Waals surface area (Å²) < 4.78 is 10.3. The first kappa shape index (κ1) is 25.8. The zero-order valence-electron chi connectivity index (χ0n) is 20.0. The predicted octanol–water partition coefficient (Wildman–Crippen LogP) is 4.23. The van der Waals surface area contributed by atoms with Gasteiger partial charge in [-0.2, -0.15) is 0 Å². The Hall–Kier alpha value is -3.83. The fourth-order valence-corrected chi connectivity index (χ4v) is 3.53. The molecule has 182 valence electrons. The average molecular weight is 496 g/mol. The highest BCUT2D eigenvalue weighted by Crippen LogP contribution is 2.26. The lowest BCUT2D eigenvalue weighted by Gasteiger charge is -2.24. The van der Waals surface area contributed by atoms with E-state index in [0.29, 0.717) is 33.6 Å². The van der Waals surface area contributed by atoms with Gasteiger partial charge in [0, 0.05) is 24.2 Å². The molecule has 0 radical (unpaired) electrons. The molecular weight excluding hydrogens is 470 g/mol. The van der Waals surface area contributed by atoms with Gasteiger partial charge in [-0.3, -0.25) is 9.59 Å². The fourth-order valence-electron chi connectivity index (χ4n) is 3.31. The van der Waals surface area contributed by atoms with Crippen molar-refractivity contribution in [3.63, 3.8) is 0 Å². The number of hydrogen-bond donors (Lipinski definition) is 1. The number of terminal acetylenes is 1. The number of benzene rings is 2. The molecule has 8 nitrogen and oxygen atoms in total. The molecule has 9 heteroatoms. The Morgan fingerprint density at radius 1 is 1.20 bits per heavy atom. The third-order valence-corrected chi connectivity index (χ3v) is 5.20. The second-order valence-electron chi connectivity index (χ2n) is 8.86. The Kier molecular flexibility index (Phi) is 7.82. The van der Waals surface area contributed by atoms with Crippen LogP contribution < -0.4 is 10.5 Å². The van der Waals surface area contributed by atoms with Gasteiger partial charge in [0.15, 0.2) is 0 Å². The standard InChI is InChI=1S/C26H26ClN3O5/c1-6-11-30(19-9-7-17(8-10-19)25(33)35-26(3,4)5)14-18-12-20-22(13-21(18)27)28-23(29-24(20)32)15-34-16(2)31/h1,7-10,12-13H,11,14-15H2,2-5H3,(H,28,29,32). The van der Waals surface area contributed by atoms with E-state index in [2.05, 4.69) is 15.9 Å². The van der Waals surface area contributed by atoms with Crippen molar-refractivity contribution >= 4 is 40.1 Å². The highest BCUT2D eigenvalue weighted by molar-refractivity contribution is 6.32. The monoisotopic (exact) mass is 495 g/mol. The number of esters is 2. The molecule has 1 aromatic heterocycles. The van der Waals surface area contributed by atoms with Crippen molar-refractivity contribution in [2.24, 2.45) is 0 Å². The second-order valence-corrected chi connectivity index (χ2v) is 9.27. The van der Waals surface area contributed by atoms with Crippen molar-refractivity contribution in [2.75, 3.05) is 11.4 Å². The smallest absolute Gasteiger partial charge is 0.338 e. The van der Waals surface area contributed by atoms with E-state index in [9.17, 15) is 14.4 Å². The van der Waals surface area contributed by atoms with Gasteiger partial charge in [0.25, 0.3) is 5.56 Å². The summed E-state index contributed by atoms with van der Waals surface area (Å²) in [5, 5.41) is 0.748. The minimum atomic E-state index is -0.591. The third-order valence-electron chi connectivity index (χ3n) is 4.85. The van der Waals surface area contributed by atoms with Gasteiger partial charge in [-0.25, -0.2) is 9.78 Å². The molecule has 3 rings (SSSR count). The van der Waals surface area contributed by atoms with E-state index in [1.807, 2.05) is 25.7 Å². The molecule has 0 spiro atoms. The molecule has 3 aromatic rings. The van der Waals surface area contributed by atoms with E-state index >= 15 is 0 Å². The van der Waals surface area contributed by atoms with Crippen LogP contribution in [0.25, 0.3) is 10.9 Å². The fraction of sp³-hybridized carbons (Fsp3) is 0.308. The number of hydrogen-bond acceptors (Lipinski definition) is 7. The predicted molar refractivity (Wildman–Crippen MR) is 134 cm³/mol. The van der Waals surface area contributed by atoms with E-state index in [4.69, 9.17) is 27.5 Å². The number of rotatable bonds is 7. The van der Waals surface area contributed by atoms with Crippen molar-refractivity contribution in [1.82, 2.24) is 9.97 Å². The molecule has 0 aliphatic heterocycles. The van der Waals surface area contributed by atoms with Gasteiger partial charge in [-0.1, -0.05) is 17.5 Å². The van der Waals surface area contributed by atoms with Crippen LogP contribution in [0.2, 0.25) is 5.02 Å². The first-order chi connectivity index (χ1) is 16.5. The molecule has 1 N–H and O–H groups in total. The third kappa shape index (κ3) is 6.84. The number of nitrogens with one attached hydrogen (secondary N) is 1.